The lowest BCUT2D eigenvalue weighted by atomic mass is 10.1. The van der Waals surface area contributed by atoms with Gasteiger partial charge in [0.25, 0.3) is 11.8 Å². The van der Waals surface area contributed by atoms with E-state index in [1.165, 1.54) is 24.3 Å². The highest BCUT2D eigenvalue weighted by molar-refractivity contribution is 6.06. The fourth-order valence-corrected chi connectivity index (χ4v) is 2.16. The summed E-state index contributed by atoms with van der Waals surface area (Å²) in [5.74, 6) is 8.87. The molecule has 0 unspecified atom stereocenters. The lowest BCUT2D eigenvalue weighted by Gasteiger charge is -2.16. The van der Waals surface area contributed by atoms with Crippen molar-refractivity contribution in [2.45, 2.75) is 52.4 Å². The van der Waals surface area contributed by atoms with Crippen LogP contribution in [0, 0.1) is 0 Å². The van der Waals surface area contributed by atoms with Crippen molar-refractivity contribution in [3.8, 4) is 0 Å². The van der Waals surface area contributed by atoms with Gasteiger partial charge in [-0.1, -0.05) is 26.7 Å². The minimum atomic E-state index is -0.659. The molecule has 1 rings (SSSR count). The van der Waals surface area contributed by atoms with Crippen LogP contribution in [0.15, 0.2) is 24.3 Å². The normalized spacial score (nSPS) is 10.3. The molecule has 0 fully saturated rings. The Bertz CT molecular complexity index is 601. The first-order chi connectivity index (χ1) is 12.3. The van der Waals surface area contributed by atoms with Gasteiger partial charge in [0, 0.05) is 24.0 Å². The number of hydrogen-bond acceptors (Lipinski definition) is 6. The van der Waals surface area contributed by atoms with Gasteiger partial charge >= 0.3 is 0 Å². The van der Waals surface area contributed by atoms with Crippen molar-refractivity contribution in [2.24, 2.45) is 11.7 Å². The predicted molar refractivity (Wildman–Crippen MR) is 96.2 cm³/mol. The molecule has 4 N–H and O–H groups in total. The number of nitrogens with zero attached hydrogens (tertiary/aromatic N) is 2. The van der Waals surface area contributed by atoms with Gasteiger partial charge in [-0.15, -0.1) is 0 Å². The molecule has 0 bridgehead atoms. The number of amides is 4. The van der Waals surface area contributed by atoms with E-state index in [9.17, 15) is 19.2 Å². The van der Waals surface area contributed by atoms with Gasteiger partial charge in [-0.25, -0.2) is 21.7 Å². The zero-order valence-corrected chi connectivity index (χ0v) is 15.2. The number of imide groups is 2. The number of hydrazine groups is 2. The first kappa shape index (κ1) is 21.5. The molecule has 8 nitrogen and oxygen atoms in total. The van der Waals surface area contributed by atoms with Gasteiger partial charge in [-0.2, -0.15) is 0 Å². The highest BCUT2D eigenvalue weighted by atomic mass is 16.2. The van der Waals surface area contributed by atoms with Crippen LogP contribution in [0.2, 0.25) is 0 Å². The Kier molecular flexibility index (Phi) is 8.60. The van der Waals surface area contributed by atoms with Crippen LogP contribution in [0.25, 0.3) is 0 Å². The molecule has 0 spiro atoms. The molecule has 142 valence electrons. The van der Waals surface area contributed by atoms with Crippen molar-refractivity contribution >= 4 is 23.6 Å². The van der Waals surface area contributed by atoms with Crippen LogP contribution in [0.4, 0.5) is 0 Å². The quantitative estimate of drug-likeness (QED) is 0.412. The average molecular weight is 362 g/mol. The van der Waals surface area contributed by atoms with Gasteiger partial charge in [-0.3, -0.25) is 19.2 Å². The monoisotopic (exact) mass is 362 g/mol. The summed E-state index contributed by atoms with van der Waals surface area (Å²) in [4.78, 5) is 48.0. The molecule has 0 heterocycles. The van der Waals surface area contributed by atoms with E-state index in [2.05, 4.69) is 0 Å². The number of carbonyl (C=O) groups is 4. The van der Waals surface area contributed by atoms with E-state index in [1.54, 1.807) is 0 Å². The fraction of sp³-hybridized carbons (Fsp3) is 0.444. The Labute approximate surface area is 153 Å². The summed E-state index contributed by atoms with van der Waals surface area (Å²) in [5.41, 5.74) is 0.324. The molecular weight excluding hydrogens is 336 g/mol. The van der Waals surface area contributed by atoms with Gasteiger partial charge in [0.2, 0.25) is 11.8 Å². The van der Waals surface area contributed by atoms with Crippen LogP contribution in [0.3, 0.4) is 0 Å². The summed E-state index contributed by atoms with van der Waals surface area (Å²) in [5, 5.41) is 1.16. The minimum absolute atomic E-state index is 0.162. The van der Waals surface area contributed by atoms with E-state index in [1.807, 2.05) is 13.8 Å². The summed E-state index contributed by atoms with van der Waals surface area (Å²) >= 11 is 0. The number of benzene rings is 1. The zero-order chi connectivity index (χ0) is 19.7. The SMILES string of the molecule is CCCCC(=O)N(N)C(=O)c1ccc(C(=O)N(N)C(=O)CCCC)cc1. The number of unbranched alkanes of at least 4 members (excludes halogenated alkanes) is 2. The Morgan fingerprint density at radius 1 is 0.731 bits per heavy atom. The van der Waals surface area contributed by atoms with Crippen molar-refractivity contribution in [3.63, 3.8) is 0 Å². The highest BCUT2D eigenvalue weighted by Crippen LogP contribution is 2.10. The molecule has 0 aliphatic rings. The molecule has 1 aromatic carbocycles. The van der Waals surface area contributed by atoms with Gasteiger partial charge in [-0.05, 0) is 37.1 Å². The highest BCUT2D eigenvalue weighted by Gasteiger charge is 2.21. The smallest absolute Gasteiger partial charge is 0.273 e. The first-order valence-electron chi connectivity index (χ1n) is 8.67. The number of carbonyl (C=O) groups excluding carboxylic acids is 4. The second-order valence-electron chi connectivity index (χ2n) is 5.92. The maximum atomic E-state index is 12.2. The molecule has 0 saturated carbocycles. The minimum Gasteiger partial charge on any atom is -0.273 e. The summed E-state index contributed by atoms with van der Waals surface area (Å²) < 4.78 is 0. The van der Waals surface area contributed by atoms with E-state index in [0.717, 1.165) is 12.8 Å². The fourth-order valence-electron chi connectivity index (χ4n) is 2.16. The molecule has 4 amide bonds. The second kappa shape index (κ2) is 10.4. The Hall–Kier alpha value is -2.58. The van der Waals surface area contributed by atoms with Gasteiger partial charge in [0.1, 0.15) is 0 Å². The van der Waals surface area contributed by atoms with Crippen molar-refractivity contribution in [3.05, 3.63) is 35.4 Å². The molecule has 1 aromatic rings. The molecule has 0 saturated heterocycles. The van der Waals surface area contributed by atoms with Crippen molar-refractivity contribution in [1.82, 2.24) is 10.0 Å². The molecule has 26 heavy (non-hydrogen) atoms. The summed E-state index contributed by atoms with van der Waals surface area (Å²) in [7, 11) is 0. The molecule has 0 aliphatic carbocycles. The Morgan fingerprint density at radius 3 is 1.31 bits per heavy atom. The van der Waals surface area contributed by atoms with Crippen LogP contribution in [-0.4, -0.2) is 33.6 Å². The molecule has 0 aliphatic heterocycles. The molecule has 0 aromatic heterocycles. The van der Waals surface area contributed by atoms with Gasteiger partial charge in [0.05, 0.1) is 0 Å². The number of nitrogens with two attached hydrogens (primary N) is 2. The summed E-state index contributed by atoms with van der Waals surface area (Å²) in [6.45, 7) is 3.86. The Morgan fingerprint density at radius 2 is 1.04 bits per heavy atom. The van der Waals surface area contributed by atoms with Crippen LogP contribution >= 0.6 is 0 Å². The van der Waals surface area contributed by atoms with Crippen LogP contribution in [0.1, 0.15) is 73.1 Å². The Balaban J connectivity index is 2.78. The van der Waals surface area contributed by atoms with Crippen LogP contribution in [0.5, 0.6) is 0 Å². The van der Waals surface area contributed by atoms with Gasteiger partial charge < -0.3 is 0 Å². The molecule has 0 atom stereocenters. The van der Waals surface area contributed by atoms with E-state index in [0.29, 0.717) is 22.9 Å². The standard InChI is InChI=1S/C18H26N4O4/c1-3-5-7-15(23)21(19)17(25)13-9-11-14(12-10-13)18(26)22(20)16(24)8-6-4-2/h9-12H,3-8,19-20H2,1-2H3. The largest absolute Gasteiger partial charge is 0.274 e. The van der Waals surface area contributed by atoms with E-state index in [-0.39, 0.29) is 24.0 Å². The lowest BCUT2D eigenvalue weighted by molar-refractivity contribution is -0.129. The van der Waals surface area contributed by atoms with E-state index >= 15 is 0 Å². The maximum Gasteiger partial charge on any atom is 0.274 e. The number of hydrogen-bond donors (Lipinski definition) is 2. The third kappa shape index (κ3) is 5.75. The summed E-state index contributed by atoms with van der Waals surface area (Å²) in [6, 6.07) is 5.47. The van der Waals surface area contributed by atoms with E-state index < -0.39 is 23.6 Å². The molecule has 8 heteroatoms. The maximum absolute atomic E-state index is 12.2. The third-order valence-corrected chi connectivity index (χ3v) is 3.84. The molecular formula is C18H26N4O4. The van der Waals surface area contributed by atoms with Crippen molar-refractivity contribution < 1.29 is 19.2 Å². The molecule has 0 radical (unpaired) electrons. The average Bonchev–Trinajstić information content (AvgIpc) is 2.67. The topological polar surface area (TPSA) is 127 Å². The summed E-state index contributed by atoms with van der Waals surface area (Å²) in [6.07, 6.45) is 3.31. The van der Waals surface area contributed by atoms with Crippen LogP contribution < -0.4 is 11.7 Å². The van der Waals surface area contributed by atoms with Gasteiger partial charge in [0.15, 0.2) is 0 Å². The van der Waals surface area contributed by atoms with Crippen LogP contribution in [-0.2, 0) is 9.59 Å². The predicted octanol–water partition coefficient (Wildman–Crippen LogP) is 1.75. The van der Waals surface area contributed by atoms with Crippen molar-refractivity contribution in [2.75, 3.05) is 0 Å². The zero-order valence-electron chi connectivity index (χ0n) is 15.2. The van der Waals surface area contributed by atoms with Crippen molar-refractivity contribution in [1.29, 1.82) is 0 Å². The third-order valence-electron chi connectivity index (χ3n) is 3.84. The lowest BCUT2D eigenvalue weighted by Crippen LogP contribution is -2.43. The number of rotatable bonds is 8. The first-order valence-corrected chi connectivity index (χ1v) is 8.67. The van der Waals surface area contributed by atoms with E-state index in [4.69, 9.17) is 11.7 Å². The second-order valence-corrected chi connectivity index (χ2v) is 5.92.